The molecule has 0 rings (SSSR count). The van der Waals surface area contributed by atoms with Gasteiger partial charge in [0.05, 0.1) is 6.61 Å². The summed E-state index contributed by atoms with van der Waals surface area (Å²) in [4.78, 5) is 10.9. The van der Waals surface area contributed by atoms with Gasteiger partial charge >= 0.3 is 5.97 Å². The van der Waals surface area contributed by atoms with E-state index in [0.29, 0.717) is 0 Å². The first-order chi connectivity index (χ1) is 6.11. The summed E-state index contributed by atoms with van der Waals surface area (Å²) in [6.45, 7) is 2.48. The molecule has 0 saturated carbocycles. The minimum Gasteiger partial charge on any atom is -0.459 e. The van der Waals surface area contributed by atoms with Crippen molar-refractivity contribution in [2.75, 3.05) is 19.8 Å². The monoisotopic (exact) mass is 190 g/mol. The number of ether oxygens (including phenoxy) is 1. The van der Waals surface area contributed by atoms with E-state index in [9.17, 15) is 4.79 Å². The van der Waals surface area contributed by atoms with Gasteiger partial charge in [-0.3, -0.25) is 0 Å². The summed E-state index contributed by atoms with van der Waals surface area (Å²) in [5.41, 5.74) is 0.146. The smallest absolute Gasteiger partial charge is 0.333 e. The van der Waals surface area contributed by atoms with Gasteiger partial charge < -0.3 is 20.1 Å². The van der Waals surface area contributed by atoms with Crippen molar-refractivity contribution in [1.82, 2.24) is 0 Å². The second-order valence-electron chi connectivity index (χ2n) is 2.51. The molecule has 3 N–H and O–H groups in total. The van der Waals surface area contributed by atoms with Crippen molar-refractivity contribution in [3.05, 3.63) is 12.2 Å². The first kappa shape index (κ1) is 12.1. The highest BCUT2D eigenvalue weighted by molar-refractivity contribution is 5.87. The lowest BCUT2D eigenvalue weighted by Crippen LogP contribution is -2.22. The summed E-state index contributed by atoms with van der Waals surface area (Å²) in [6, 6.07) is 0. The second kappa shape index (κ2) is 6.59. The molecule has 0 aliphatic heterocycles. The summed E-state index contributed by atoms with van der Waals surface area (Å²) >= 11 is 0. The second-order valence-corrected chi connectivity index (χ2v) is 2.51. The van der Waals surface area contributed by atoms with Crippen LogP contribution >= 0.6 is 0 Å². The Balaban J connectivity index is 3.68. The number of hydrogen-bond acceptors (Lipinski definition) is 5. The molecule has 1 atom stereocenters. The molecule has 0 heterocycles. The van der Waals surface area contributed by atoms with E-state index in [0.717, 1.165) is 0 Å². The van der Waals surface area contributed by atoms with E-state index in [1.165, 1.54) is 0 Å². The summed E-state index contributed by atoms with van der Waals surface area (Å²) in [7, 11) is 0. The zero-order valence-electron chi connectivity index (χ0n) is 7.27. The number of carbonyl (C=O) groups is 1. The van der Waals surface area contributed by atoms with Gasteiger partial charge in [-0.1, -0.05) is 6.58 Å². The Labute approximate surface area is 76.3 Å². The molecule has 5 heteroatoms. The largest absolute Gasteiger partial charge is 0.459 e. The molecule has 0 aliphatic carbocycles. The van der Waals surface area contributed by atoms with Gasteiger partial charge in [0.25, 0.3) is 0 Å². The lowest BCUT2D eigenvalue weighted by atomic mass is 10.2. The molecular weight excluding hydrogens is 176 g/mol. The Morgan fingerprint density at radius 3 is 2.54 bits per heavy atom. The normalized spacial score (nSPS) is 12.2. The molecule has 1 unspecified atom stereocenters. The number of carbonyl (C=O) groups excluding carboxylic acids is 1. The predicted octanol–water partition coefficient (Wildman–Crippen LogP) is -1.18. The van der Waals surface area contributed by atoms with Crippen molar-refractivity contribution < 1.29 is 24.9 Å². The van der Waals surface area contributed by atoms with Crippen LogP contribution in [-0.4, -0.2) is 47.2 Å². The summed E-state index contributed by atoms with van der Waals surface area (Å²) < 4.78 is 4.55. The van der Waals surface area contributed by atoms with Gasteiger partial charge in [-0.05, 0) is 0 Å². The molecule has 76 valence electrons. The number of esters is 1. The Hall–Kier alpha value is -0.910. The SMILES string of the molecule is C=C(CCO)C(=O)OCC(O)CO. The third kappa shape index (κ3) is 5.35. The zero-order valence-corrected chi connectivity index (χ0v) is 7.27. The maximum Gasteiger partial charge on any atom is 0.333 e. The minimum atomic E-state index is -1.06. The van der Waals surface area contributed by atoms with Crippen LogP contribution in [0.5, 0.6) is 0 Å². The molecule has 0 radical (unpaired) electrons. The van der Waals surface area contributed by atoms with Crippen molar-refractivity contribution in [3.8, 4) is 0 Å². The maximum absolute atomic E-state index is 10.9. The lowest BCUT2D eigenvalue weighted by Gasteiger charge is -2.08. The molecule has 0 fully saturated rings. The molecule has 0 aromatic rings. The Morgan fingerprint density at radius 2 is 2.08 bits per heavy atom. The van der Waals surface area contributed by atoms with E-state index in [-0.39, 0.29) is 25.2 Å². The van der Waals surface area contributed by atoms with E-state index < -0.39 is 18.7 Å². The number of hydrogen-bond donors (Lipinski definition) is 3. The van der Waals surface area contributed by atoms with Gasteiger partial charge in [-0.2, -0.15) is 0 Å². The van der Waals surface area contributed by atoms with Crippen LogP contribution in [0.4, 0.5) is 0 Å². The van der Waals surface area contributed by atoms with Gasteiger partial charge in [0.1, 0.15) is 12.7 Å². The first-order valence-corrected chi connectivity index (χ1v) is 3.86. The molecule has 0 bridgehead atoms. The van der Waals surface area contributed by atoms with E-state index in [1.54, 1.807) is 0 Å². The molecule has 0 aliphatic rings. The number of aliphatic hydroxyl groups excluding tert-OH is 3. The molecule has 0 aromatic carbocycles. The van der Waals surface area contributed by atoms with Crippen LogP contribution in [-0.2, 0) is 9.53 Å². The van der Waals surface area contributed by atoms with Crippen LogP contribution in [0.1, 0.15) is 6.42 Å². The Bertz CT molecular complexity index is 177. The maximum atomic E-state index is 10.9. The van der Waals surface area contributed by atoms with Crippen molar-refractivity contribution in [2.45, 2.75) is 12.5 Å². The quantitative estimate of drug-likeness (QED) is 0.362. The fourth-order valence-electron chi connectivity index (χ4n) is 0.564. The van der Waals surface area contributed by atoms with E-state index in [4.69, 9.17) is 15.3 Å². The van der Waals surface area contributed by atoms with Crippen LogP contribution in [0, 0.1) is 0 Å². The van der Waals surface area contributed by atoms with Gasteiger partial charge in [-0.15, -0.1) is 0 Å². The highest BCUT2D eigenvalue weighted by Gasteiger charge is 2.10. The first-order valence-electron chi connectivity index (χ1n) is 3.86. The van der Waals surface area contributed by atoms with E-state index in [2.05, 4.69) is 11.3 Å². The fraction of sp³-hybridized carbons (Fsp3) is 0.625. The zero-order chi connectivity index (χ0) is 10.3. The molecule has 0 spiro atoms. The van der Waals surface area contributed by atoms with Crippen LogP contribution in [0.3, 0.4) is 0 Å². The topological polar surface area (TPSA) is 87.0 Å². The van der Waals surface area contributed by atoms with Gasteiger partial charge in [0.2, 0.25) is 0 Å². The molecule has 0 saturated heterocycles. The minimum absolute atomic E-state index is 0.146. The van der Waals surface area contributed by atoms with Gasteiger partial charge in [0.15, 0.2) is 0 Å². The Morgan fingerprint density at radius 1 is 1.46 bits per heavy atom. The highest BCUT2D eigenvalue weighted by Crippen LogP contribution is 2.00. The van der Waals surface area contributed by atoms with Crippen LogP contribution in [0.2, 0.25) is 0 Å². The Kier molecular flexibility index (Phi) is 6.13. The summed E-state index contributed by atoms with van der Waals surface area (Å²) in [5.74, 6) is -0.665. The summed E-state index contributed by atoms with van der Waals surface area (Å²) in [5, 5.41) is 25.6. The van der Waals surface area contributed by atoms with Gasteiger partial charge in [-0.25, -0.2) is 4.79 Å². The van der Waals surface area contributed by atoms with Crippen molar-refractivity contribution >= 4 is 5.97 Å². The molecule has 13 heavy (non-hydrogen) atoms. The predicted molar refractivity (Wildman–Crippen MR) is 44.9 cm³/mol. The lowest BCUT2D eigenvalue weighted by molar-refractivity contribution is -0.142. The molecule has 5 nitrogen and oxygen atoms in total. The van der Waals surface area contributed by atoms with Crippen molar-refractivity contribution in [3.63, 3.8) is 0 Å². The fourth-order valence-corrected chi connectivity index (χ4v) is 0.564. The standard InChI is InChI=1S/C8H14O5/c1-6(2-3-9)8(12)13-5-7(11)4-10/h7,9-11H,1-5H2. The number of rotatable bonds is 6. The third-order valence-electron chi connectivity index (χ3n) is 1.32. The van der Waals surface area contributed by atoms with E-state index >= 15 is 0 Å². The average Bonchev–Trinajstić information content (AvgIpc) is 2.13. The highest BCUT2D eigenvalue weighted by atomic mass is 16.5. The number of aliphatic hydroxyl groups is 3. The molecule has 0 amide bonds. The molecule has 0 aromatic heterocycles. The summed E-state index contributed by atoms with van der Waals surface area (Å²) in [6.07, 6.45) is -0.917. The van der Waals surface area contributed by atoms with E-state index in [1.807, 2.05) is 0 Å². The van der Waals surface area contributed by atoms with Gasteiger partial charge in [0, 0.05) is 18.6 Å². The third-order valence-corrected chi connectivity index (χ3v) is 1.32. The van der Waals surface area contributed by atoms with Crippen LogP contribution < -0.4 is 0 Å². The molecular formula is C8H14O5. The van der Waals surface area contributed by atoms with Crippen molar-refractivity contribution in [2.24, 2.45) is 0 Å². The van der Waals surface area contributed by atoms with Crippen LogP contribution in [0.15, 0.2) is 12.2 Å². The average molecular weight is 190 g/mol. The van der Waals surface area contributed by atoms with Crippen molar-refractivity contribution in [1.29, 1.82) is 0 Å². The van der Waals surface area contributed by atoms with Crippen LogP contribution in [0.25, 0.3) is 0 Å².